The standard InChI is InChI=1S/C24H18N4O4/c29-23(25-18-8-2-1-3-9-18)16-27-22(26-21-12-5-4-11-20(21)24(27)30)14-13-17-7-6-10-19(15-17)28(31)32/h1-15H,16H2,(H,25,29)/b14-13+. The molecule has 0 saturated heterocycles. The van der Waals surface area contributed by atoms with Crippen molar-refractivity contribution in [2.45, 2.75) is 6.54 Å². The van der Waals surface area contributed by atoms with Crippen molar-refractivity contribution in [2.24, 2.45) is 0 Å². The van der Waals surface area contributed by atoms with Gasteiger partial charge in [0.25, 0.3) is 11.2 Å². The number of hydrogen-bond acceptors (Lipinski definition) is 5. The second-order valence-electron chi connectivity index (χ2n) is 6.98. The SMILES string of the molecule is O=C(Cn1c(/C=C/c2cccc([N+](=O)[O-])c2)nc2ccccc2c1=O)Nc1ccccc1. The minimum Gasteiger partial charge on any atom is -0.325 e. The van der Waals surface area contributed by atoms with Crippen LogP contribution in [0, 0.1) is 10.1 Å². The molecule has 158 valence electrons. The maximum absolute atomic E-state index is 13.1. The molecule has 0 atom stereocenters. The van der Waals surface area contributed by atoms with E-state index in [2.05, 4.69) is 10.3 Å². The number of aromatic nitrogens is 2. The first-order chi connectivity index (χ1) is 15.5. The van der Waals surface area contributed by atoms with Crippen molar-refractivity contribution in [1.82, 2.24) is 9.55 Å². The summed E-state index contributed by atoms with van der Waals surface area (Å²) in [7, 11) is 0. The van der Waals surface area contributed by atoms with Gasteiger partial charge in [0.1, 0.15) is 12.4 Å². The number of amides is 1. The fourth-order valence-corrected chi connectivity index (χ4v) is 3.24. The monoisotopic (exact) mass is 426 g/mol. The molecule has 0 saturated carbocycles. The Morgan fingerprint density at radius 2 is 1.75 bits per heavy atom. The molecule has 1 amide bonds. The summed E-state index contributed by atoms with van der Waals surface area (Å²) in [4.78, 5) is 40.8. The number of carbonyl (C=O) groups excluding carboxylic acids is 1. The van der Waals surface area contributed by atoms with Crippen LogP contribution in [0.15, 0.2) is 83.7 Å². The summed E-state index contributed by atoms with van der Waals surface area (Å²) >= 11 is 0. The van der Waals surface area contributed by atoms with Crippen molar-refractivity contribution in [1.29, 1.82) is 0 Å². The van der Waals surface area contributed by atoms with Gasteiger partial charge in [-0.3, -0.25) is 24.3 Å². The molecular formula is C24H18N4O4. The van der Waals surface area contributed by atoms with Crippen LogP contribution >= 0.6 is 0 Å². The fourth-order valence-electron chi connectivity index (χ4n) is 3.24. The number of anilines is 1. The van der Waals surface area contributed by atoms with Crippen molar-refractivity contribution in [2.75, 3.05) is 5.32 Å². The van der Waals surface area contributed by atoms with E-state index < -0.39 is 4.92 Å². The second kappa shape index (κ2) is 9.05. The number of carbonyl (C=O) groups is 1. The summed E-state index contributed by atoms with van der Waals surface area (Å²) in [5.74, 6) is -0.108. The third-order valence-electron chi connectivity index (χ3n) is 4.76. The van der Waals surface area contributed by atoms with Gasteiger partial charge in [-0.05, 0) is 35.9 Å². The Morgan fingerprint density at radius 1 is 1.00 bits per heavy atom. The van der Waals surface area contributed by atoms with E-state index in [0.29, 0.717) is 22.2 Å². The summed E-state index contributed by atoms with van der Waals surface area (Å²) in [5.41, 5.74) is 1.29. The molecule has 0 aliphatic carbocycles. The van der Waals surface area contributed by atoms with E-state index in [4.69, 9.17) is 0 Å². The van der Waals surface area contributed by atoms with E-state index in [1.807, 2.05) is 6.07 Å². The summed E-state index contributed by atoms with van der Waals surface area (Å²) in [6.07, 6.45) is 3.19. The molecule has 4 aromatic rings. The molecule has 3 aromatic carbocycles. The number of benzene rings is 3. The second-order valence-corrected chi connectivity index (χ2v) is 6.98. The molecule has 1 aromatic heterocycles. The lowest BCUT2D eigenvalue weighted by molar-refractivity contribution is -0.384. The molecule has 8 heteroatoms. The number of nitrogens with one attached hydrogen (secondary N) is 1. The lowest BCUT2D eigenvalue weighted by Crippen LogP contribution is -2.30. The van der Waals surface area contributed by atoms with Gasteiger partial charge < -0.3 is 5.32 Å². The average Bonchev–Trinajstić information content (AvgIpc) is 2.80. The van der Waals surface area contributed by atoms with Gasteiger partial charge in [-0.15, -0.1) is 0 Å². The average molecular weight is 426 g/mol. The van der Waals surface area contributed by atoms with Crippen molar-refractivity contribution in [3.05, 3.63) is 111 Å². The van der Waals surface area contributed by atoms with Gasteiger partial charge in [-0.1, -0.05) is 48.5 Å². The van der Waals surface area contributed by atoms with E-state index in [9.17, 15) is 19.7 Å². The molecule has 1 N–H and O–H groups in total. The number of nitro groups is 1. The highest BCUT2D eigenvalue weighted by atomic mass is 16.6. The number of non-ortho nitro benzene ring substituents is 1. The van der Waals surface area contributed by atoms with Gasteiger partial charge in [-0.2, -0.15) is 0 Å². The Bertz CT molecular complexity index is 1390. The van der Waals surface area contributed by atoms with Gasteiger partial charge in [0.2, 0.25) is 5.91 Å². The Kier molecular flexibility index (Phi) is 5.85. The predicted octanol–water partition coefficient (Wildman–Crippen LogP) is 4.11. The number of nitrogens with zero attached hydrogens (tertiary/aromatic N) is 3. The summed E-state index contributed by atoms with van der Waals surface area (Å²) in [6, 6.07) is 21.9. The molecular weight excluding hydrogens is 408 g/mol. The smallest absolute Gasteiger partial charge is 0.270 e. The van der Waals surface area contributed by atoms with Crippen molar-refractivity contribution < 1.29 is 9.72 Å². The van der Waals surface area contributed by atoms with Crippen molar-refractivity contribution >= 4 is 40.3 Å². The molecule has 8 nitrogen and oxygen atoms in total. The number of hydrogen-bond donors (Lipinski definition) is 1. The van der Waals surface area contributed by atoms with Crippen molar-refractivity contribution in [3.8, 4) is 0 Å². The Balaban J connectivity index is 1.72. The van der Waals surface area contributed by atoms with E-state index in [1.165, 1.54) is 16.7 Å². The van der Waals surface area contributed by atoms with Crippen LogP contribution in [-0.2, 0) is 11.3 Å². The molecule has 0 fully saturated rings. The van der Waals surface area contributed by atoms with Crippen LogP contribution < -0.4 is 10.9 Å². The van der Waals surface area contributed by atoms with E-state index >= 15 is 0 Å². The van der Waals surface area contributed by atoms with Crippen LogP contribution in [0.25, 0.3) is 23.1 Å². The molecule has 4 rings (SSSR count). The maximum Gasteiger partial charge on any atom is 0.270 e. The lowest BCUT2D eigenvalue weighted by Gasteiger charge is -2.12. The third-order valence-corrected chi connectivity index (χ3v) is 4.76. The highest BCUT2D eigenvalue weighted by molar-refractivity contribution is 5.91. The molecule has 0 unspecified atom stereocenters. The highest BCUT2D eigenvalue weighted by Gasteiger charge is 2.13. The number of rotatable bonds is 6. The first-order valence-electron chi connectivity index (χ1n) is 9.78. The van der Waals surface area contributed by atoms with Crippen LogP contribution in [0.3, 0.4) is 0 Å². The summed E-state index contributed by atoms with van der Waals surface area (Å²) < 4.78 is 1.29. The van der Waals surface area contributed by atoms with Crippen LogP contribution in [0.2, 0.25) is 0 Å². The van der Waals surface area contributed by atoms with Crippen LogP contribution in [0.1, 0.15) is 11.4 Å². The minimum atomic E-state index is -0.477. The zero-order valence-corrected chi connectivity index (χ0v) is 16.8. The van der Waals surface area contributed by atoms with Crippen LogP contribution in [0.4, 0.5) is 11.4 Å². The van der Waals surface area contributed by atoms with Gasteiger partial charge in [0.15, 0.2) is 0 Å². The summed E-state index contributed by atoms with van der Waals surface area (Å²) in [6.45, 7) is -0.236. The molecule has 0 aliphatic heterocycles. The van der Waals surface area contributed by atoms with Gasteiger partial charge in [0, 0.05) is 17.8 Å². The van der Waals surface area contributed by atoms with Gasteiger partial charge >= 0.3 is 0 Å². The van der Waals surface area contributed by atoms with Crippen molar-refractivity contribution in [3.63, 3.8) is 0 Å². The topological polar surface area (TPSA) is 107 Å². The van der Waals surface area contributed by atoms with E-state index in [-0.39, 0.29) is 29.5 Å². The minimum absolute atomic E-state index is 0.0433. The molecule has 0 bridgehead atoms. The summed E-state index contributed by atoms with van der Waals surface area (Å²) in [5, 5.41) is 14.2. The van der Waals surface area contributed by atoms with E-state index in [1.54, 1.807) is 72.8 Å². The molecule has 0 spiro atoms. The Morgan fingerprint density at radius 3 is 2.53 bits per heavy atom. The first kappa shape index (κ1) is 20.7. The normalized spacial score (nSPS) is 11.0. The molecule has 0 aliphatic rings. The number of fused-ring (bicyclic) bond motifs is 1. The zero-order valence-electron chi connectivity index (χ0n) is 16.8. The van der Waals surface area contributed by atoms with Gasteiger partial charge in [-0.25, -0.2) is 4.98 Å². The molecule has 1 heterocycles. The van der Waals surface area contributed by atoms with Crippen LogP contribution in [-0.4, -0.2) is 20.4 Å². The predicted molar refractivity (Wildman–Crippen MR) is 123 cm³/mol. The maximum atomic E-state index is 13.1. The van der Waals surface area contributed by atoms with Crippen LogP contribution in [0.5, 0.6) is 0 Å². The third kappa shape index (κ3) is 4.59. The Labute approximate surface area is 182 Å². The zero-order chi connectivity index (χ0) is 22.5. The molecule has 32 heavy (non-hydrogen) atoms. The highest BCUT2D eigenvalue weighted by Crippen LogP contribution is 2.16. The van der Waals surface area contributed by atoms with Gasteiger partial charge in [0.05, 0.1) is 15.8 Å². The largest absolute Gasteiger partial charge is 0.325 e. The number of para-hydroxylation sites is 2. The lowest BCUT2D eigenvalue weighted by atomic mass is 10.2. The van der Waals surface area contributed by atoms with E-state index in [0.717, 1.165) is 0 Å². The number of nitro benzene ring substituents is 1. The fraction of sp³-hybridized carbons (Fsp3) is 0.0417. The quantitative estimate of drug-likeness (QED) is 0.369. The molecule has 0 radical (unpaired) electrons. The first-order valence-corrected chi connectivity index (χ1v) is 9.78. The Hall–Kier alpha value is -4.59.